The summed E-state index contributed by atoms with van der Waals surface area (Å²) in [6.07, 6.45) is 2.11. The zero-order valence-electron chi connectivity index (χ0n) is 12.6. The molecular formula is C18H18Cl2N2O. The molecule has 0 spiro atoms. The topological polar surface area (TPSA) is 55.1 Å². The molecule has 2 aromatic rings. The highest BCUT2D eigenvalue weighted by Crippen LogP contribution is 2.23. The second-order valence-corrected chi connectivity index (χ2v) is 6.77. The Hall–Kier alpha value is -1.55. The van der Waals surface area contributed by atoms with E-state index < -0.39 is 6.04 Å². The number of carbonyl (C=O) groups is 1. The van der Waals surface area contributed by atoms with Crippen LogP contribution < -0.4 is 11.1 Å². The number of amides is 1. The van der Waals surface area contributed by atoms with Gasteiger partial charge < -0.3 is 11.1 Å². The molecule has 3 rings (SSSR count). The lowest BCUT2D eigenvalue weighted by Crippen LogP contribution is -2.46. The maximum atomic E-state index is 12.3. The van der Waals surface area contributed by atoms with Crippen LogP contribution in [0.1, 0.15) is 16.7 Å². The number of hydrogen-bond donors (Lipinski definition) is 2. The van der Waals surface area contributed by atoms with E-state index in [2.05, 4.69) is 17.4 Å². The predicted octanol–water partition coefficient (Wildman–Crippen LogP) is 3.15. The largest absolute Gasteiger partial charge is 0.351 e. The molecule has 1 aliphatic carbocycles. The fourth-order valence-electron chi connectivity index (χ4n) is 2.99. The Bertz CT molecular complexity index is 708. The van der Waals surface area contributed by atoms with Gasteiger partial charge in [0.1, 0.15) is 0 Å². The number of hydrogen-bond acceptors (Lipinski definition) is 2. The molecule has 2 aromatic carbocycles. The van der Waals surface area contributed by atoms with E-state index in [-0.39, 0.29) is 11.9 Å². The molecule has 1 amide bonds. The summed E-state index contributed by atoms with van der Waals surface area (Å²) in [5, 5.41) is 4.15. The Balaban J connectivity index is 1.58. The molecule has 1 aliphatic rings. The van der Waals surface area contributed by atoms with Gasteiger partial charge in [0.25, 0.3) is 0 Å². The van der Waals surface area contributed by atoms with Crippen molar-refractivity contribution in [2.75, 3.05) is 0 Å². The number of carbonyl (C=O) groups excluding carboxylic acids is 1. The monoisotopic (exact) mass is 348 g/mol. The fourth-order valence-corrected chi connectivity index (χ4v) is 3.47. The minimum atomic E-state index is -0.627. The molecule has 3 N–H and O–H groups in total. The molecule has 0 saturated heterocycles. The van der Waals surface area contributed by atoms with Crippen molar-refractivity contribution in [3.63, 3.8) is 0 Å². The quantitative estimate of drug-likeness (QED) is 0.891. The van der Waals surface area contributed by atoms with Crippen LogP contribution in [0.15, 0.2) is 42.5 Å². The third-order valence-corrected chi connectivity index (χ3v) is 4.78. The summed E-state index contributed by atoms with van der Waals surface area (Å²) in [6.45, 7) is 0. The first-order valence-corrected chi connectivity index (χ1v) is 8.35. The van der Waals surface area contributed by atoms with Crippen molar-refractivity contribution >= 4 is 29.1 Å². The Labute approximate surface area is 145 Å². The second-order valence-electron chi connectivity index (χ2n) is 5.93. The van der Waals surface area contributed by atoms with E-state index in [1.54, 1.807) is 12.1 Å². The van der Waals surface area contributed by atoms with Crippen LogP contribution in [0.3, 0.4) is 0 Å². The van der Waals surface area contributed by atoms with Gasteiger partial charge in [0.15, 0.2) is 0 Å². The van der Waals surface area contributed by atoms with Gasteiger partial charge in [0.05, 0.1) is 6.04 Å². The number of benzene rings is 2. The molecule has 0 radical (unpaired) electrons. The lowest BCUT2D eigenvalue weighted by molar-refractivity contribution is -0.123. The van der Waals surface area contributed by atoms with Crippen LogP contribution in [-0.4, -0.2) is 18.0 Å². The number of nitrogens with two attached hydrogens (primary N) is 1. The van der Waals surface area contributed by atoms with Gasteiger partial charge in [0.2, 0.25) is 5.91 Å². The average molecular weight is 349 g/mol. The van der Waals surface area contributed by atoms with Gasteiger partial charge in [-0.05, 0) is 48.1 Å². The van der Waals surface area contributed by atoms with Crippen molar-refractivity contribution in [3.05, 3.63) is 69.2 Å². The number of halogens is 2. The summed E-state index contributed by atoms with van der Waals surface area (Å²) in [6, 6.07) is 13.0. The SMILES string of the molecule is N[C@H](Cc1ccc(Cl)cc1Cl)C(=O)NC1Cc2ccccc2C1. The van der Waals surface area contributed by atoms with Gasteiger partial charge in [-0.3, -0.25) is 4.79 Å². The maximum Gasteiger partial charge on any atom is 0.237 e. The van der Waals surface area contributed by atoms with Crippen LogP contribution in [0, 0.1) is 0 Å². The second kappa shape index (κ2) is 6.91. The Morgan fingerprint density at radius 3 is 2.43 bits per heavy atom. The Morgan fingerprint density at radius 2 is 1.83 bits per heavy atom. The first-order chi connectivity index (χ1) is 11.0. The molecule has 120 valence electrons. The third kappa shape index (κ3) is 3.86. The van der Waals surface area contributed by atoms with Crippen LogP contribution in [0.2, 0.25) is 10.0 Å². The van der Waals surface area contributed by atoms with Crippen LogP contribution in [-0.2, 0) is 24.1 Å². The molecule has 0 unspecified atom stereocenters. The molecule has 0 heterocycles. The van der Waals surface area contributed by atoms with Gasteiger partial charge in [0, 0.05) is 16.1 Å². The minimum Gasteiger partial charge on any atom is -0.351 e. The van der Waals surface area contributed by atoms with E-state index in [1.165, 1.54) is 11.1 Å². The highest BCUT2D eigenvalue weighted by molar-refractivity contribution is 6.35. The molecular weight excluding hydrogens is 331 g/mol. The Kier molecular flexibility index (Phi) is 4.90. The lowest BCUT2D eigenvalue weighted by Gasteiger charge is -2.17. The lowest BCUT2D eigenvalue weighted by atomic mass is 10.1. The summed E-state index contributed by atoms with van der Waals surface area (Å²) in [5.74, 6) is -0.145. The molecule has 0 fully saturated rings. The van der Waals surface area contributed by atoms with E-state index >= 15 is 0 Å². The van der Waals surface area contributed by atoms with E-state index in [0.717, 1.165) is 18.4 Å². The van der Waals surface area contributed by atoms with Crippen LogP contribution >= 0.6 is 23.2 Å². The zero-order valence-corrected chi connectivity index (χ0v) is 14.1. The van der Waals surface area contributed by atoms with Crippen molar-refractivity contribution in [3.8, 4) is 0 Å². The predicted molar refractivity (Wildman–Crippen MR) is 93.9 cm³/mol. The van der Waals surface area contributed by atoms with E-state index in [1.807, 2.05) is 18.2 Å². The fraction of sp³-hybridized carbons (Fsp3) is 0.278. The summed E-state index contributed by atoms with van der Waals surface area (Å²) in [7, 11) is 0. The highest BCUT2D eigenvalue weighted by Gasteiger charge is 2.24. The average Bonchev–Trinajstić information content (AvgIpc) is 2.92. The summed E-state index contributed by atoms with van der Waals surface area (Å²) in [4.78, 5) is 12.3. The zero-order chi connectivity index (χ0) is 16.4. The van der Waals surface area contributed by atoms with Gasteiger partial charge in [-0.25, -0.2) is 0 Å². The molecule has 3 nitrogen and oxygen atoms in total. The van der Waals surface area contributed by atoms with Gasteiger partial charge in [-0.2, -0.15) is 0 Å². The summed E-state index contributed by atoms with van der Waals surface area (Å²) >= 11 is 12.0. The molecule has 0 aliphatic heterocycles. The maximum absolute atomic E-state index is 12.3. The highest BCUT2D eigenvalue weighted by atomic mass is 35.5. The first kappa shape index (κ1) is 16.3. The number of fused-ring (bicyclic) bond motifs is 1. The molecule has 23 heavy (non-hydrogen) atoms. The molecule has 1 atom stereocenters. The standard InChI is InChI=1S/C18H18Cl2N2O/c19-14-6-5-13(16(20)10-14)9-17(21)18(23)22-15-7-11-3-1-2-4-12(11)8-15/h1-6,10,15,17H,7-9,21H2,(H,22,23)/t17-/m1/s1. The summed E-state index contributed by atoms with van der Waals surface area (Å²) in [5.41, 5.74) is 9.46. The molecule has 0 bridgehead atoms. The van der Waals surface area contributed by atoms with Crippen molar-refractivity contribution in [2.24, 2.45) is 5.73 Å². The van der Waals surface area contributed by atoms with Gasteiger partial charge >= 0.3 is 0 Å². The normalized spacial score (nSPS) is 15.3. The van der Waals surface area contributed by atoms with Gasteiger partial charge in [-0.15, -0.1) is 0 Å². The van der Waals surface area contributed by atoms with Crippen LogP contribution in [0.25, 0.3) is 0 Å². The first-order valence-electron chi connectivity index (χ1n) is 7.59. The van der Waals surface area contributed by atoms with Crippen molar-refractivity contribution in [1.82, 2.24) is 5.32 Å². The number of rotatable bonds is 4. The van der Waals surface area contributed by atoms with E-state index in [9.17, 15) is 4.79 Å². The Morgan fingerprint density at radius 1 is 1.17 bits per heavy atom. The van der Waals surface area contributed by atoms with E-state index in [4.69, 9.17) is 28.9 Å². The van der Waals surface area contributed by atoms with Crippen molar-refractivity contribution in [2.45, 2.75) is 31.3 Å². The van der Waals surface area contributed by atoms with Crippen molar-refractivity contribution < 1.29 is 4.79 Å². The summed E-state index contributed by atoms with van der Waals surface area (Å²) < 4.78 is 0. The third-order valence-electron chi connectivity index (χ3n) is 4.19. The minimum absolute atomic E-state index is 0.117. The van der Waals surface area contributed by atoms with Crippen LogP contribution in [0.5, 0.6) is 0 Å². The number of nitrogens with one attached hydrogen (secondary N) is 1. The van der Waals surface area contributed by atoms with Crippen LogP contribution in [0.4, 0.5) is 0 Å². The van der Waals surface area contributed by atoms with E-state index in [0.29, 0.717) is 16.5 Å². The molecule has 0 aromatic heterocycles. The smallest absolute Gasteiger partial charge is 0.237 e. The molecule has 5 heteroatoms. The van der Waals surface area contributed by atoms with Gasteiger partial charge in [-0.1, -0.05) is 53.5 Å². The molecule has 0 saturated carbocycles. The van der Waals surface area contributed by atoms with Crippen molar-refractivity contribution in [1.29, 1.82) is 0 Å².